The first-order chi connectivity index (χ1) is 5.70. The Bertz CT molecular complexity index is 290. The van der Waals surface area contributed by atoms with Gasteiger partial charge >= 0.3 is 6.09 Å². The molecule has 2 N–H and O–H groups in total. The molecule has 0 aliphatic heterocycles. The van der Waals surface area contributed by atoms with Crippen molar-refractivity contribution in [3.05, 3.63) is 27.6 Å². The number of carboxylic acid groups (broad SMARTS) is 1. The van der Waals surface area contributed by atoms with E-state index in [1.54, 1.807) is 12.4 Å². The molecule has 1 aromatic rings. The van der Waals surface area contributed by atoms with Gasteiger partial charge in [0.25, 0.3) is 0 Å². The third kappa shape index (κ3) is 2.65. The summed E-state index contributed by atoms with van der Waals surface area (Å²) in [6.45, 7) is 0.307. The monoisotopic (exact) mass is 278 g/mol. The smallest absolute Gasteiger partial charge is 0.404 e. The van der Waals surface area contributed by atoms with Crippen LogP contribution in [0, 0.1) is 3.57 Å². The zero-order valence-electron chi connectivity index (χ0n) is 6.12. The maximum Gasteiger partial charge on any atom is 0.404 e. The van der Waals surface area contributed by atoms with Crippen LogP contribution in [-0.2, 0) is 6.54 Å². The predicted octanol–water partition coefficient (Wildman–Crippen LogP) is 1.45. The van der Waals surface area contributed by atoms with E-state index >= 15 is 0 Å². The Kier molecular flexibility index (Phi) is 3.27. The van der Waals surface area contributed by atoms with Crippen molar-refractivity contribution in [3.63, 3.8) is 0 Å². The van der Waals surface area contributed by atoms with Crippen LogP contribution < -0.4 is 5.32 Å². The maximum absolute atomic E-state index is 10.1. The van der Waals surface area contributed by atoms with Crippen molar-refractivity contribution in [1.29, 1.82) is 0 Å². The standard InChI is InChI=1S/C7H7IN2O2/c8-6-1-2-9-3-5(6)4-10-7(11)12/h1-3,10H,4H2,(H,11,12). The van der Waals surface area contributed by atoms with Gasteiger partial charge < -0.3 is 10.4 Å². The largest absolute Gasteiger partial charge is 0.465 e. The van der Waals surface area contributed by atoms with Crippen LogP contribution >= 0.6 is 22.6 Å². The van der Waals surface area contributed by atoms with Gasteiger partial charge in [-0.05, 0) is 28.7 Å². The second-order valence-electron chi connectivity index (χ2n) is 2.13. The van der Waals surface area contributed by atoms with Crippen molar-refractivity contribution in [3.8, 4) is 0 Å². The maximum atomic E-state index is 10.1. The third-order valence-electron chi connectivity index (χ3n) is 1.27. The number of aromatic nitrogens is 1. The van der Waals surface area contributed by atoms with Gasteiger partial charge in [-0.3, -0.25) is 4.98 Å². The highest BCUT2D eigenvalue weighted by Gasteiger charge is 1.99. The molecule has 1 rings (SSSR count). The number of amides is 1. The number of nitrogens with one attached hydrogen (secondary N) is 1. The van der Waals surface area contributed by atoms with Gasteiger partial charge in [0.15, 0.2) is 0 Å². The second kappa shape index (κ2) is 4.24. The summed E-state index contributed by atoms with van der Waals surface area (Å²) in [7, 11) is 0. The molecular formula is C7H7IN2O2. The predicted molar refractivity (Wildman–Crippen MR) is 51.8 cm³/mol. The van der Waals surface area contributed by atoms with Crippen LogP contribution in [0.25, 0.3) is 0 Å². The lowest BCUT2D eigenvalue weighted by molar-refractivity contribution is 0.194. The lowest BCUT2D eigenvalue weighted by atomic mass is 10.3. The first-order valence-electron chi connectivity index (χ1n) is 3.25. The summed E-state index contributed by atoms with van der Waals surface area (Å²) in [5.74, 6) is 0. The lowest BCUT2D eigenvalue weighted by Gasteiger charge is -2.02. The summed E-state index contributed by atoms with van der Waals surface area (Å²) in [5.41, 5.74) is 0.889. The molecule has 0 bridgehead atoms. The van der Waals surface area contributed by atoms with Gasteiger partial charge in [0, 0.05) is 28.1 Å². The van der Waals surface area contributed by atoms with E-state index in [9.17, 15) is 4.79 Å². The van der Waals surface area contributed by atoms with Crippen molar-refractivity contribution in [2.45, 2.75) is 6.54 Å². The fourth-order valence-corrected chi connectivity index (χ4v) is 1.20. The van der Waals surface area contributed by atoms with Crippen LogP contribution in [0.4, 0.5) is 4.79 Å². The van der Waals surface area contributed by atoms with Crippen molar-refractivity contribution >= 4 is 28.7 Å². The molecule has 0 atom stereocenters. The quantitative estimate of drug-likeness (QED) is 0.805. The summed E-state index contributed by atoms with van der Waals surface area (Å²) in [6, 6.07) is 1.83. The van der Waals surface area contributed by atoms with Gasteiger partial charge in [0.05, 0.1) is 0 Å². The van der Waals surface area contributed by atoms with E-state index in [0.717, 1.165) is 9.13 Å². The average Bonchev–Trinajstić information content (AvgIpc) is 2.03. The summed E-state index contributed by atoms with van der Waals surface area (Å²) < 4.78 is 1.01. The van der Waals surface area contributed by atoms with Crippen LogP contribution in [0.2, 0.25) is 0 Å². The molecule has 0 radical (unpaired) electrons. The van der Waals surface area contributed by atoms with Crippen LogP contribution in [0.5, 0.6) is 0 Å². The molecule has 0 fully saturated rings. The molecule has 4 nitrogen and oxygen atoms in total. The highest BCUT2D eigenvalue weighted by atomic mass is 127. The van der Waals surface area contributed by atoms with Gasteiger partial charge in [-0.15, -0.1) is 0 Å². The fraction of sp³-hybridized carbons (Fsp3) is 0.143. The normalized spacial score (nSPS) is 9.42. The topological polar surface area (TPSA) is 62.2 Å². The molecule has 0 saturated carbocycles. The molecule has 1 heterocycles. The minimum atomic E-state index is -1.02. The van der Waals surface area contributed by atoms with Crippen LogP contribution in [0.1, 0.15) is 5.56 Å². The summed E-state index contributed by atoms with van der Waals surface area (Å²) in [5, 5.41) is 10.6. The van der Waals surface area contributed by atoms with E-state index in [4.69, 9.17) is 5.11 Å². The van der Waals surface area contributed by atoms with Crippen LogP contribution in [-0.4, -0.2) is 16.2 Å². The molecular weight excluding hydrogens is 271 g/mol. The van der Waals surface area contributed by atoms with Crippen molar-refractivity contribution < 1.29 is 9.90 Å². The van der Waals surface area contributed by atoms with E-state index in [-0.39, 0.29) is 0 Å². The number of halogens is 1. The molecule has 5 heteroatoms. The summed E-state index contributed by atoms with van der Waals surface area (Å²) in [6.07, 6.45) is 2.30. The highest BCUT2D eigenvalue weighted by molar-refractivity contribution is 14.1. The Labute approximate surface area is 83.1 Å². The van der Waals surface area contributed by atoms with Crippen LogP contribution in [0.3, 0.4) is 0 Å². The summed E-state index contributed by atoms with van der Waals surface area (Å²) >= 11 is 2.13. The number of hydrogen-bond acceptors (Lipinski definition) is 2. The first-order valence-corrected chi connectivity index (χ1v) is 4.33. The second-order valence-corrected chi connectivity index (χ2v) is 3.29. The van der Waals surface area contributed by atoms with E-state index in [1.807, 2.05) is 6.07 Å². The minimum Gasteiger partial charge on any atom is -0.465 e. The fourth-order valence-electron chi connectivity index (χ4n) is 0.711. The van der Waals surface area contributed by atoms with Gasteiger partial charge in [-0.1, -0.05) is 0 Å². The number of carbonyl (C=O) groups is 1. The minimum absolute atomic E-state index is 0.307. The zero-order valence-corrected chi connectivity index (χ0v) is 8.28. The Morgan fingerprint density at radius 3 is 3.08 bits per heavy atom. The highest BCUT2D eigenvalue weighted by Crippen LogP contribution is 2.08. The molecule has 64 valence electrons. The molecule has 0 spiro atoms. The van der Waals surface area contributed by atoms with E-state index in [0.29, 0.717) is 6.54 Å². The Morgan fingerprint density at radius 1 is 1.75 bits per heavy atom. The average molecular weight is 278 g/mol. The molecule has 0 unspecified atom stereocenters. The Balaban J connectivity index is 2.63. The van der Waals surface area contributed by atoms with Gasteiger partial charge in [0.1, 0.15) is 0 Å². The van der Waals surface area contributed by atoms with Gasteiger partial charge in [0.2, 0.25) is 0 Å². The first kappa shape index (κ1) is 9.24. The third-order valence-corrected chi connectivity index (χ3v) is 2.33. The number of nitrogens with zero attached hydrogens (tertiary/aromatic N) is 1. The van der Waals surface area contributed by atoms with Crippen molar-refractivity contribution in [2.24, 2.45) is 0 Å². The molecule has 0 saturated heterocycles. The molecule has 1 aromatic heterocycles. The van der Waals surface area contributed by atoms with E-state index in [1.165, 1.54) is 0 Å². The Hall–Kier alpha value is -0.850. The van der Waals surface area contributed by atoms with E-state index < -0.39 is 6.09 Å². The van der Waals surface area contributed by atoms with E-state index in [2.05, 4.69) is 32.9 Å². The number of pyridine rings is 1. The number of rotatable bonds is 2. The van der Waals surface area contributed by atoms with Crippen molar-refractivity contribution in [2.75, 3.05) is 0 Å². The molecule has 1 amide bonds. The molecule has 0 aliphatic rings. The number of hydrogen-bond donors (Lipinski definition) is 2. The van der Waals surface area contributed by atoms with Gasteiger partial charge in [-0.2, -0.15) is 0 Å². The van der Waals surface area contributed by atoms with Gasteiger partial charge in [-0.25, -0.2) is 4.79 Å². The van der Waals surface area contributed by atoms with Crippen LogP contribution in [0.15, 0.2) is 18.5 Å². The molecule has 12 heavy (non-hydrogen) atoms. The SMILES string of the molecule is O=C(O)NCc1cnccc1I. The van der Waals surface area contributed by atoms with Crippen molar-refractivity contribution in [1.82, 2.24) is 10.3 Å². The summed E-state index contributed by atoms with van der Waals surface area (Å²) in [4.78, 5) is 14.0. The zero-order chi connectivity index (χ0) is 8.97. The Morgan fingerprint density at radius 2 is 2.50 bits per heavy atom. The lowest BCUT2D eigenvalue weighted by Crippen LogP contribution is -2.20. The molecule has 0 aromatic carbocycles. The molecule has 0 aliphatic carbocycles.